The number of ether oxygens (including phenoxy) is 1. The van der Waals surface area contributed by atoms with Crippen molar-refractivity contribution < 1.29 is 14.3 Å². The number of anilines is 4. The summed E-state index contributed by atoms with van der Waals surface area (Å²) in [4.78, 5) is 45.1. The summed E-state index contributed by atoms with van der Waals surface area (Å²) in [6.45, 7) is 14.8. The van der Waals surface area contributed by atoms with E-state index in [-0.39, 0.29) is 29.9 Å². The fourth-order valence-corrected chi connectivity index (χ4v) is 7.56. The van der Waals surface area contributed by atoms with Crippen LogP contribution in [0.15, 0.2) is 24.4 Å². The first-order valence-corrected chi connectivity index (χ1v) is 17.5. The maximum Gasteiger partial charge on any atom is 0.251 e. The summed E-state index contributed by atoms with van der Waals surface area (Å²) in [5.74, 6) is 2.65. The van der Waals surface area contributed by atoms with Gasteiger partial charge >= 0.3 is 0 Å². The monoisotopic (exact) mass is 632 g/mol. The zero-order valence-corrected chi connectivity index (χ0v) is 28.3. The fourth-order valence-electron chi connectivity index (χ4n) is 7.56. The third-order valence-electron chi connectivity index (χ3n) is 10.3. The van der Waals surface area contributed by atoms with Gasteiger partial charge in [0.15, 0.2) is 5.82 Å². The van der Waals surface area contributed by atoms with E-state index in [1.807, 2.05) is 26.0 Å². The maximum absolute atomic E-state index is 13.3. The molecule has 1 atom stereocenters. The number of likely N-dealkylation sites (N-methyl/N-ethyl adjacent to an activating group) is 1. The van der Waals surface area contributed by atoms with E-state index in [2.05, 4.69) is 44.2 Å². The lowest BCUT2D eigenvalue weighted by molar-refractivity contribution is -0.120. The third-order valence-corrected chi connectivity index (χ3v) is 10.3. The van der Waals surface area contributed by atoms with Crippen molar-refractivity contribution in [3.63, 3.8) is 0 Å². The molecule has 4 aliphatic rings. The Kier molecular flexibility index (Phi) is 9.98. The fraction of sp³-hybridized carbons (Fsp3) is 0.657. The number of carbonyl (C=O) groups excluding carboxylic acids is 2. The van der Waals surface area contributed by atoms with Crippen molar-refractivity contribution in [1.29, 1.82) is 0 Å². The van der Waals surface area contributed by atoms with Crippen molar-refractivity contribution in [2.75, 3.05) is 61.5 Å². The average molecular weight is 633 g/mol. The summed E-state index contributed by atoms with van der Waals surface area (Å²) in [6, 6.07) is 6.07. The molecule has 6 rings (SSSR count). The van der Waals surface area contributed by atoms with Crippen LogP contribution >= 0.6 is 0 Å². The Morgan fingerprint density at radius 1 is 1.04 bits per heavy atom. The summed E-state index contributed by atoms with van der Waals surface area (Å²) in [6.07, 6.45) is 9.55. The summed E-state index contributed by atoms with van der Waals surface area (Å²) in [5.41, 5.74) is 1.95. The molecule has 0 radical (unpaired) electrons. The quantitative estimate of drug-likeness (QED) is 0.366. The van der Waals surface area contributed by atoms with Gasteiger partial charge in [-0.1, -0.05) is 6.92 Å². The molecule has 1 aromatic carbocycles. The first-order valence-electron chi connectivity index (χ1n) is 17.5. The predicted molar refractivity (Wildman–Crippen MR) is 182 cm³/mol. The van der Waals surface area contributed by atoms with Crippen molar-refractivity contribution in [2.45, 2.75) is 96.8 Å². The average Bonchev–Trinajstić information content (AvgIpc) is 3.89. The third kappa shape index (κ3) is 6.95. The number of hydrogen-bond donors (Lipinski definition) is 2. The number of rotatable bonds is 11. The smallest absolute Gasteiger partial charge is 0.251 e. The van der Waals surface area contributed by atoms with Crippen LogP contribution in [0.4, 0.5) is 23.1 Å². The number of aromatic nitrogens is 2. The normalized spacial score (nSPS) is 24.2. The standard InChI is InChI=1S/C35H52N8O3/c1-6-29-34(45)42(7-2)30-21-36-35(39-32(30)43(29)23(3)4)38-28-15-10-25(20-31(28)46-5)33(44)37-26-11-13-27(14-12-26)41-18-16-40(17-19-41)22-24-8-9-24/h10,15,20-21,23-24,26-27,29H,6-9,11-14,16-19,22H2,1-5H3,(H,37,44)(H,36,38,39). The van der Waals surface area contributed by atoms with Gasteiger partial charge in [-0.2, -0.15) is 4.98 Å². The number of benzene rings is 1. The number of nitrogens with zero attached hydrogens (tertiary/aromatic N) is 6. The summed E-state index contributed by atoms with van der Waals surface area (Å²) in [7, 11) is 1.60. The van der Waals surface area contributed by atoms with Crippen LogP contribution in [0.1, 0.15) is 83.0 Å². The van der Waals surface area contributed by atoms with E-state index in [9.17, 15) is 9.59 Å². The van der Waals surface area contributed by atoms with Gasteiger partial charge in [-0.25, -0.2) is 4.98 Å². The van der Waals surface area contributed by atoms with E-state index in [0.717, 1.165) is 43.1 Å². The van der Waals surface area contributed by atoms with Gasteiger partial charge in [0.05, 0.1) is 19.0 Å². The van der Waals surface area contributed by atoms with Crippen molar-refractivity contribution in [2.24, 2.45) is 5.92 Å². The Hall–Kier alpha value is -3.44. The topological polar surface area (TPSA) is 106 Å². The molecule has 250 valence electrons. The summed E-state index contributed by atoms with van der Waals surface area (Å²) >= 11 is 0. The van der Waals surface area contributed by atoms with E-state index >= 15 is 0 Å². The van der Waals surface area contributed by atoms with Gasteiger partial charge in [0.2, 0.25) is 11.9 Å². The molecule has 2 N–H and O–H groups in total. The number of methoxy groups -OCH3 is 1. The number of nitrogens with one attached hydrogen (secondary N) is 2. The molecule has 2 saturated carbocycles. The van der Waals surface area contributed by atoms with Crippen LogP contribution in [0, 0.1) is 5.92 Å². The minimum absolute atomic E-state index is 0.0745. The van der Waals surface area contributed by atoms with Crippen LogP contribution in [0.5, 0.6) is 5.75 Å². The second-order valence-electron chi connectivity index (χ2n) is 13.7. The van der Waals surface area contributed by atoms with Crippen molar-refractivity contribution in [1.82, 2.24) is 25.1 Å². The first-order chi connectivity index (χ1) is 22.3. The molecule has 11 nitrogen and oxygen atoms in total. The molecule has 0 spiro atoms. The number of piperazine rings is 1. The summed E-state index contributed by atoms with van der Waals surface area (Å²) in [5, 5.41) is 6.57. The molecule has 2 aromatic rings. The molecule has 11 heteroatoms. The highest BCUT2D eigenvalue weighted by Gasteiger charge is 2.39. The Morgan fingerprint density at radius 2 is 1.78 bits per heavy atom. The molecule has 1 saturated heterocycles. The molecule has 0 bridgehead atoms. The van der Waals surface area contributed by atoms with Gasteiger partial charge < -0.3 is 30.1 Å². The van der Waals surface area contributed by atoms with Gasteiger partial charge in [-0.05, 0) is 89.8 Å². The van der Waals surface area contributed by atoms with Crippen molar-refractivity contribution >= 4 is 35.0 Å². The molecular weight excluding hydrogens is 580 g/mol. The largest absolute Gasteiger partial charge is 0.495 e. The SMILES string of the molecule is CCC1C(=O)N(CC)c2cnc(Nc3ccc(C(=O)NC4CCC(N5CCN(CC6CC6)CC5)CC4)cc3OC)nc2N1C(C)C. The van der Waals surface area contributed by atoms with Gasteiger partial charge in [-0.15, -0.1) is 0 Å². The van der Waals surface area contributed by atoms with Crippen LogP contribution in [0.3, 0.4) is 0 Å². The summed E-state index contributed by atoms with van der Waals surface area (Å²) < 4.78 is 5.70. The highest BCUT2D eigenvalue weighted by Crippen LogP contribution is 2.38. The second kappa shape index (κ2) is 14.1. The minimum Gasteiger partial charge on any atom is -0.495 e. The number of carbonyl (C=O) groups is 2. The lowest BCUT2D eigenvalue weighted by Gasteiger charge is -2.43. The molecule has 46 heavy (non-hydrogen) atoms. The van der Waals surface area contributed by atoms with Crippen molar-refractivity contribution in [3.05, 3.63) is 30.0 Å². The van der Waals surface area contributed by atoms with Gasteiger partial charge in [0, 0.05) is 63.0 Å². The molecule has 1 unspecified atom stereocenters. The molecule has 2 amide bonds. The number of hydrogen-bond acceptors (Lipinski definition) is 9. The highest BCUT2D eigenvalue weighted by molar-refractivity contribution is 6.04. The van der Waals surface area contributed by atoms with Gasteiger partial charge in [0.25, 0.3) is 5.91 Å². The van der Waals surface area contributed by atoms with E-state index < -0.39 is 0 Å². The predicted octanol–water partition coefficient (Wildman–Crippen LogP) is 4.66. The number of fused-ring (bicyclic) bond motifs is 1. The molecule has 2 aliphatic heterocycles. The van der Waals surface area contributed by atoms with Crippen LogP contribution < -0.4 is 25.2 Å². The molecule has 2 aliphatic carbocycles. The van der Waals surface area contributed by atoms with E-state index in [4.69, 9.17) is 9.72 Å². The van der Waals surface area contributed by atoms with E-state index in [0.29, 0.717) is 42.0 Å². The van der Waals surface area contributed by atoms with Crippen LogP contribution in [-0.2, 0) is 4.79 Å². The van der Waals surface area contributed by atoms with Crippen LogP contribution in [0.2, 0.25) is 0 Å². The van der Waals surface area contributed by atoms with Gasteiger partial charge in [-0.3, -0.25) is 14.5 Å². The molecule has 3 heterocycles. The minimum atomic E-state index is -0.273. The maximum atomic E-state index is 13.3. The highest BCUT2D eigenvalue weighted by atomic mass is 16.5. The Balaban J connectivity index is 1.07. The van der Waals surface area contributed by atoms with E-state index in [1.54, 1.807) is 24.3 Å². The Bertz CT molecular complexity index is 1380. The lowest BCUT2D eigenvalue weighted by Crippen LogP contribution is -2.56. The second-order valence-corrected chi connectivity index (χ2v) is 13.7. The van der Waals surface area contributed by atoms with Crippen LogP contribution in [0.25, 0.3) is 0 Å². The molecular formula is C35H52N8O3. The lowest BCUT2D eigenvalue weighted by atomic mass is 9.89. The molecule has 3 fully saturated rings. The molecule has 1 aromatic heterocycles. The number of amides is 2. The zero-order valence-electron chi connectivity index (χ0n) is 28.3. The van der Waals surface area contributed by atoms with E-state index in [1.165, 1.54) is 45.6 Å². The van der Waals surface area contributed by atoms with Crippen molar-refractivity contribution in [3.8, 4) is 5.75 Å². The zero-order chi connectivity index (χ0) is 32.4. The van der Waals surface area contributed by atoms with Gasteiger partial charge in [0.1, 0.15) is 17.5 Å². The first kappa shape index (κ1) is 32.5. The van der Waals surface area contributed by atoms with Crippen LogP contribution in [-0.4, -0.2) is 102 Å². The Labute approximate surface area is 274 Å². The Morgan fingerprint density at radius 3 is 2.41 bits per heavy atom.